The summed E-state index contributed by atoms with van der Waals surface area (Å²) in [5.41, 5.74) is 2.87. The number of anilines is 1. The second-order valence-corrected chi connectivity index (χ2v) is 8.82. The molecule has 0 amide bonds. The number of hydrogen-bond acceptors (Lipinski definition) is 5. The minimum atomic E-state index is -0.0831. The van der Waals surface area contributed by atoms with Crippen LogP contribution in [0.3, 0.4) is 0 Å². The van der Waals surface area contributed by atoms with Crippen LogP contribution in [0.4, 0.5) is 5.82 Å². The SMILES string of the molecule is CCC(C)(C)n1nnnc1C[NH+]1CCN(c2[nH+]c3ccc(C)cc3cc2C#N)CC1. The predicted molar refractivity (Wildman–Crippen MR) is 114 cm³/mol. The molecule has 3 heterocycles. The third kappa shape index (κ3) is 3.85. The Hall–Kier alpha value is -3.05. The Morgan fingerprint density at radius 3 is 2.70 bits per heavy atom. The van der Waals surface area contributed by atoms with Gasteiger partial charge in [0, 0.05) is 5.39 Å². The molecule has 4 rings (SSSR count). The molecule has 1 fully saturated rings. The zero-order valence-electron chi connectivity index (χ0n) is 18.2. The van der Waals surface area contributed by atoms with Crippen molar-refractivity contribution in [1.82, 2.24) is 20.2 Å². The Kier molecular flexibility index (Phi) is 5.39. The van der Waals surface area contributed by atoms with Crippen LogP contribution in [0.25, 0.3) is 10.9 Å². The van der Waals surface area contributed by atoms with E-state index in [1.807, 2.05) is 10.7 Å². The molecule has 0 radical (unpaired) electrons. The molecule has 1 aromatic carbocycles. The van der Waals surface area contributed by atoms with E-state index in [0.717, 1.165) is 61.7 Å². The van der Waals surface area contributed by atoms with E-state index >= 15 is 0 Å². The number of fused-ring (bicyclic) bond motifs is 1. The van der Waals surface area contributed by atoms with Crippen molar-refractivity contribution in [3.63, 3.8) is 0 Å². The highest BCUT2D eigenvalue weighted by molar-refractivity contribution is 5.79. The van der Waals surface area contributed by atoms with E-state index in [0.29, 0.717) is 5.56 Å². The van der Waals surface area contributed by atoms with Gasteiger partial charge in [0.25, 0.3) is 5.82 Å². The Bertz CT molecular complexity index is 1090. The van der Waals surface area contributed by atoms with E-state index in [1.165, 1.54) is 10.5 Å². The number of hydrogen-bond donors (Lipinski definition) is 1. The number of aromatic nitrogens is 5. The van der Waals surface area contributed by atoms with Gasteiger partial charge in [-0.25, -0.2) is 14.6 Å². The fraction of sp³-hybridized carbons (Fsp3) is 0.500. The van der Waals surface area contributed by atoms with Crippen molar-refractivity contribution >= 4 is 16.7 Å². The van der Waals surface area contributed by atoms with E-state index in [1.54, 1.807) is 0 Å². The van der Waals surface area contributed by atoms with E-state index in [9.17, 15) is 5.26 Å². The van der Waals surface area contributed by atoms with Crippen LogP contribution in [-0.4, -0.2) is 46.4 Å². The highest BCUT2D eigenvalue weighted by Gasteiger charge is 2.31. The van der Waals surface area contributed by atoms with Gasteiger partial charge in [0.15, 0.2) is 0 Å². The van der Waals surface area contributed by atoms with Gasteiger partial charge in [-0.3, -0.25) is 0 Å². The molecular formula is C22H30N8+2. The number of benzene rings is 1. The Morgan fingerprint density at radius 1 is 1.23 bits per heavy atom. The number of rotatable bonds is 5. The third-order valence-corrected chi connectivity index (χ3v) is 6.30. The van der Waals surface area contributed by atoms with E-state index in [2.05, 4.69) is 77.4 Å². The van der Waals surface area contributed by atoms with Crippen molar-refractivity contribution < 1.29 is 9.88 Å². The third-order valence-electron chi connectivity index (χ3n) is 6.30. The molecule has 3 aromatic rings. The number of quaternary nitrogens is 1. The van der Waals surface area contributed by atoms with Gasteiger partial charge in [0.05, 0.1) is 5.54 Å². The summed E-state index contributed by atoms with van der Waals surface area (Å²) in [5.74, 6) is 1.86. The number of aromatic amines is 1. The Morgan fingerprint density at radius 2 is 2.00 bits per heavy atom. The van der Waals surface area contributed by atoms with Gasteiger partial charge in [0.1, 0.15) is 49.9 Å². The molecule has 8 nitrogen and oxygen atoms in total. The quantitative estimate of drug-likeness (QED) is 0.679. The van der Waals surface area contributed by atoms with Crippen LogP contribution in [0.15, 0.2) is 24.3 Å². The molecule has 30 heavy (non-hydrogen) atoms. The van der Waals surface area contributed by atoms with Crippen molar-refractivity contribution in [3.05, 3.63) is 41.2 Å². The van der Waals surface area contributed by atoms with Crippen LogP contribution in [0, 0.1) is 18.3 Å². The molecule has 1 saturated heterocycles. The Balaban J connectivity index is 1.49. The van der Waals surface area contributed by atoms with Crippen molar-refractivity contribution in [1.29, 1.82) is 5.26 Å². The normalized spacial score (nSPS) is 15.5. The van der Waals surface area contributed by atoms with Crippen molar-refractivity contribution in [2.75, 3.05) is 31.1 Å². The maximum atomic E-state index is 9.70. The molecule has 0 bridgehead atoms. The minimum absolute atomic E-state index is 0.0831. The molecule has 8 heteroatoms. The average Bonchev–Trinajstić information content (AvgIpc) is 3.22. The Labute approximate surface area is 177 Å². The molecule has 1 aliphatic heterocycles. The molecule has 2 N–H and O–H groups in total. The maximum absolute atomic E-state index is 9.70. The highest BCUT2D eigenvalue weighted by atomic mass is 15.6. The summed E-state index contributed by atoms with van der Waals surface area (Å²) in [6.45, 7) is 13.1. The molecule has 2 aromatic heterocycles. The zero-order valence-corrected chi connectivity index (χ0v) is 18.2. The zero-order chi connectivity index (χ0) is 21.3. The van der Waals surface area contributed by atoms with Gasteiger partial charge in [-0.05, 0) is 55.8 Å². The molecule has 0 unspecified atom stereocenters. The lowest BCUT2D eigenvalue weighted by atomic mass is 10.0. The smallest absolute Gasteiger partial charge is 0.293 e. The minimum Gasteiger partial charge on any atom is -0.322 e. The summed E-state index contributed by atoms with van der Waals surface area (Å²) in [6.07, 6.45) is 0.975. The summed E-state index contributed by atoms with van der Waals surface area (Å²) in [4.78, 5) is 7.25. The number of pyridine rings is 1. The highest BCUT2D eigenvalue weighted by Crippen LogP contribution is 2.21. The first-order valence-electron chi connectivity index (χ1n) is 10.6. The van der Waals surface area contributed by atoms with Crippen LogP contribution in [0.5, 0.6) is 0 Å². The molecule has 156 valence electrons. The van der Waals surface area contributed by atoms with Gasteiger partial charge in [-0.15, -0.1) is 5.10 Å². The second kappa shape index (κ2) is 8.00. The second-order valence-electron chi connectivity index (χ2n) is 8.82. The van der Waals surface area contributed by atoms with Crippen molar-refractivity contribution in [2.45, 2.75) is 46.2 Å². The predicted octanol–water partition coefficient (Wildman–Crippen LogP) is 0.871. The number of piperazine rings is 1. The molecular weight excluding hydrogens is 376 g/mol. The van der Waals surface area contributed by atoms with Gasteiger partial charge < -0.3 is 4.90 Å². The summed E-state index contributed by atoms with van der Waals surface area (Å²) in [5, 5.41) is 23.2. The number of tetrazole rings is 1. The van der Waals surface area contributed by atoms with Gasteiger partial charge in [-0.2, -0.15) is 5.26 Å². The fourth-order valence-electron chi connectivity index (χ4n) is 4.05. The first-order chi connectivity index (χ1) is 14.4. The van der Waals surface area contributed by atoms with E-state index < -0.39 is 0 Å². The van der Waals surface area contributed by atoms with Crippen LogP contribution >= 0.6 is 0 Å². The lowest BCUT2D eigenvalue weighted by molar-refractivity contribution is -0.915. The molecule has 1 aliphatic rings. The summed E-state index contributed by atoms with van der Waals surface area (Å²) in [7, 11) is 0. The van der Waals surface area contributed by atoms with E-state index in [-0.39, 0.29) is 5.54 Å². The number of aryl methyl sites for hydroxylation is 1. The van der Waals surface area contributed by atoms with Crippen molar-refractivity contribution in [3.8, 4) is 6.07 Å². The van der Waals surface area contributed by atoms with Crippen LogP contribution < -0.4 is 14.8 Å². The van der Waals surface area contributed by atoms with Gasteiger partial charge in [0.2, 0.25) is 5.82 Å². The van der Waals surface area contributed by atoms with Gasteiger partial charge >= 0.3 is 0 Å². The number of H-pyrrole nitrogens is 1. The van der Waals surface area contributed by atoms with Crippen LogP contribution in [0.1, 0.15) is 44.1 Å². The maximum Gasteiger partial charge on any atom is 0.293 e. The monoisotopic (exact) mass is 406 g/mol. The number of nitrogens with one attached hydrogen (secondary N) is 2. The average molecular weight is 407 g/mol. The first-order valence-corrected chi connectivity index (χ1v) is 10.6. The van der Waals surface area contributed by atoms with E-state index in [4.69, 9.17) is 0 Å². The van der Waals surface area contributed by atoms with Crippen LogP contribution in [0.2, 0.25) is 0 Å². The molecule has 0 atom stereocenters. The lowest BCUT2D eigenvalue weighted by Gasteiger charge is -2.29. The first kappa shape index (κ1) is 20.2. The molecule has 0 saturated carbocycles. The largest absolute Gasteiger partial charge is 0.322 e. The molecule has 0 aliphatic carbocycles. The van der Waals surface area contributed by atoms with Crippen molar-refractivity contribution in [2.24, 2.45) is 0 Å². The fourth-order valence-corrected chi connectivity index (χ4v) is 4.05. The summed E-state index contributed by atoms with van der Waals surface area (Å²) < 4.78 is 1.97. The standard InChI is InChI=1S/C22H28N8/c1-5-22(3,4)30-20(25-26-27-30)15-28-8-10-29(11-9-28)21-18(14-23)13-17-12-16(2)6-7-19(17)24-21/h6-7,12-13H,5,8-11,15H2,1-4H3/p+2. The lowest BCUT2D eigenvalue weighted by Crippen LogP contribution is -3.13. The summed E-state index contributed by atoms with van der Waals surface area (Å²) in [6, 6.07) is 10.7. The van der Waals surface area contributed by atoms with Crippen LogP contribution in [-0.2, 0) is 12.1 Å². The van der Waals surface area contributed by atoms with Gasteiger partial charge in [-0.1, -0.05) is 18.6 Å². The summed E-state index contributed by atoms with van der Waals surface area (Å²) >= 11 is 0. The topological polar surface area (TPSA) is 89.2 Å². The number of nitrogens with zero attached hydrogens (tertiary/aromatic N) is 6. The molecule has 0 spiro atoms. The number of nitriles is 1.